The Morgan fingerprint density at radius 1 is 0.265 bits per heavy atom. The van der Waals surface area contributed by atoms with E-state index in [-0.39, 0.29) is 0 Å². The van der Waals surface area contributed by atoms with Gasteiger partial charge in [0.2, 0.25) is 0 Å². The van der Waals surface area contributed by atoms with E-state index in [2.05, 4.69) is 285 Å². The smallest absolute Gasteiger partial charge is 0.0963 e. The second-order valence-corrected chi connectivity index (χ2v) is 22.4. The lowest BCUT2D eigenvalue weighted by Crippen LogP contribution is -2.26. The highest BCUT2D eigenvalue weighted by atomic mass is 15.1. The zero-order valence-electron chi connectivity index (χ0n) is 44.7. The number of hydrogen-bond acceptors (Lipinski definition) is 2. The average molecular weight is 1060 g/mol. The third kappa shape index (κ3) is 5.76. The normalized spacial score (nSPS) is 13.2. The van der Waals surface area contributed by atoms with Crippen LogP contribution in [0.5, 0.6) is 0 Å². The largest absolute Gasteiger partial charge is 0.309 e. The van der Waals surface area contributed by atoms with Crippen molar-refractivity contribution >= 4 is 87.5 Å². The predicted molar refractivity (Wildman–Crippen MR) is 341 cm³/mol. The monoisotopic (exact) mass is 1050 g/mol. The van der Waals surface area contributed by atoms with Crippen LogP contribution in [0.15, 0.2) is 279 Å². The number of hydrogen-bond donors (Lipinski definition) is 0. The molecule has 0 radical (unpaired) electrons. The van der Waals surface area contributed by atoms with E-state index in [0.717, 1.165) is 83.2 Å². The summed E-state index contributed by atoms with van der Waals surface area (Å²) in [4.78, 5) is 10.4. The first-order chi connectivity index (χ1) is 41.2. The molecule has 0 aliphatic heterocycles. The van der Waals surface area contributed by atoms with Crippen molar-refractivity contribution in [3.63, 3.8) is 0 Å². The fraction of sp³-hybridized carbons (Fsp3) is 0.0130. The Balaban J connectivity index is 0.999. The highest BCUT2D eigenvalue weighted by Gasteiger charge is 2.53. The molecule has 0 atom stereocenters. The molecule has 17 aromatic rings. The van der Waals surface area contributed by atoms with E-state index in [9.17, 15) is 0 Å². The Kier molecular flexibility index (Phi) is 8.90. The molecule has 83 heavy (non-hydrogen) atoms. The standard InChI is InChI=1S/C77H46N6/c1-2-20-49(21-3-1)80-63-32-14-7-24-52(63)57-44-47(38-40-67(57)80)48-39-41-68-58(45-48)53-25-8-15-33-64(53)82(68)75-71(81-65-34-16-9-27-55(65)73-69(81)36-18-42-78-73)46-62-72(76(75)83-66-35-17-10-28-56(66)74-70(83)37-19-43-79-74)54-26-6-13-31-61(54)77(62)59-29-11-4-22-50(59)51-23-5-12-30-60(51)77/h1-46H. The lowest BCUT2D eigenvalue weighted by Gasteiger charge is -2.32. The maximum absolute atomic E-state index is 5.22. The minimum absolute atomic E-state index is 0.667. The van der Waals surface area contributed by atoms with Crippen LogP contribution in [0.3, 0.4) is 0 Å². The molecule has 2 aliphatic carbocycles. The first-order valence-corrected chi connectivity index (χ1v) is 28.6. The van der Waals surface area contributed by atoms with Gasteiger partial charge in [0.15, 0.2) is 0 Å². The van der Waals surface area contributed by atoms with Crippen molar-refractivity contribution in [2.24, 2.45) is 0 Å². The number of pyridine rings is 2. The van der Waals surface area contributed by atoms with E-state index in [1.54, 1.807) is 0 Å². The van der Waals surface area contributed by atoms with E-state index < -0.39 is 5.41 Å². The third-order valence-corrected chi connectivity index (χ3v) is 18.4. The molecule has 0 amide bonds. The van der Waals surface area contributed by atoms with Gasteiger partial charge in [0, 0.05) is 56.0 Å². The van der Waals surface area contributed by atoms with Gasteiger partial charge in [-0.2, -0.15) is 0 Å². The van der Waals surface area contributed by atoms with Crippen LogP contribution in [-0.4, -0.2) is 28.2 Å². The molecule has 19 rings (SSSR count). The summed E-state index contributed by atoms with van der Waals surface area (Å²) in [6.45, 7) is 0. The van der Waals surface area contributed by atoms with Gasteiger partial charge in [-0.3, -0.25) is 9.97 Å². The van der Waals surface area contributed by atoms with Gasteiger partial charge in [0.05, 0.1) is 77.6 Å². The fourth-order valence-electron chi connectivity index (χ4n) is 15.3. The van der Waals surface area contributed by atoms with Gasteiger partial charge in [-0.15, -0.1) is 0 Å². The number of nitrogens with zero attached hydrogens (tertiary/aromatic N) is 6. The highest BCUT2D eigenvalue weighted by molar-refractivity contribution is 6.16. The summed E-state index contributed by atoms with van der Waals surface area (Å²) < 4.78 is 10.1. The van der Waals surface area contributed by atoms with Crippen molar-refractivity contribution in [2.75, 3.05) is 0 Å². The molecule has 0 saturated carbocycles. The van der Waals surface area contributed by atoms with Crippen LogP contribution in [0.4, 0.5) is 0 Å². The van der Waals surface area contributed by atoms with Gasteiger partial charge in [0.1, 0.15) is 0 Å². The van der Waals surface area contributed by atoms with E-state index in [1.807, 2.05) is 12.4 Å². The molecule has 0 bridgehead atoms. The summed E-state index contributed by atoms with van der Waals surface area (Å²) in [5.41, 5.74) is 26.8. The Hall–Kier alpha value is -11.1. The summed E-state index contributed by atoms with van der Waals surface area (Å²) >= 11 is 0. The van der Waals surface area contributed by atoms with Crippen molar-refractivity contribution in [3.05, 3.63) is 302 Å². The van der Waals surface area contributed by atoms with Gasteiger partial charge in [-0.05, 0) is 141 Å². The molecule has 2 aliphatic rings. The lowest BCUT2D eigenvalue weighted by atomic mass is 9.70. The first-order valence-electron chi connectivity index (χ1n) is 28.6. The molecule has 11 aromatic carbocycles. The van der Waals surface area contributed by atoms with Crippen molar-refractivity contribution in [1.29, 1.82) is 0 Å². The maximum atomic E-state index is 5.22. The summed E-state index contributed by atoms with van der Waals surface area (Å²) in [7, 11) is 0. The number of fused-ring (bicyclic) bond motifs is 22. The van der Waals surface area contributed by atoms with Crippen LogP contribution in [0.1, 0.15) is 22.3 Å². The molecule has 0 unspecified atom stereocenters. The van der Waals surface area contributed by atoms with Gasteiger partial charge in [0.25, 0.3) is 0 Å². The van der Waals surface area contributed by atoms with Crippen molar-refractivity contribution in [3.8, 4) is 56.1 Å². The van der Waals surface area contributed by atoms with Crippen LogP contribution >= 0.6 is 0 Å². The zero-order valence-corrected chi connectivity index (χ0v) is 44.7. The quantitative estimate of drug-likeness (QED) is 0.172. The van der Waals surface area contributed by atoms with E-state index in [0.29, 0.717) is 0 Å². The summed E-state index contributed by atoms with van der Waals surface area (Å²) in [6, 6.07) is 99.1. The molecule has 6 nitrogen and oxygen atoms in total. The highest BCUT2D eigenvalue weighted by Crippen LogP contribution is 2.65. The van der Waals surface area contributed by atoms with Crippen molar-refractivity contribution in [1.82, 2.24) is 28.2 Å². The fourth-order valence-corrected chi connectivity index (χ4v) is 15.3. The van der Waals surface area contributed by atoms with E-state index >= 15 is 0 Å². The number of para-hydroxylation sites is 5. The predicted octanol–water partition coefficient (Wildman–Crippen LogP) is 18.9. The molecular weight excluding hydrogens is 1010 g/mol. The van der Waals surface area contributed by atoms with E-state index in [4.69, 9.17) is 9.97 Å². The molecule has 6 heterocycles. The molecule has 0 saturated heterocycles. The van der Waals surface area contributed by atoms with Crippen LogP contribution in [-0.2, 0) is 5.41 Å². The lowest BCUT2D eigenvalue weighted by molar-refractivity contribution is 0.791. The Labute approximate surface area is 476 Å². The second-order valence-electron chi connectivity index (χ2n) is 22.4. The minimum Gasteiger partial charge on any atom is -0.309 e. The number of rotatable bonds is 5. The average Bonchev–Trinajstić information content (AvgIpc) is 2.23. The summed E-state index contributed by atoms with van der Waals surface area (Å²) in [5, 5.41) is 7.00. The number of benzene rings is 11. The molecule has 6 heteroatoms. The first kappa shape index (κ1) is 44.7. The van der Waals surface area contributed by atoms with Crippen molar-refractivity contribution < 1.29 is 0 Å². The summed E-state index contributed by atoms with van der Waals surface area (Å²) in [5.74, 6) is 0. The van der Waals surface area contributed by atoms with Crippen LogP contribution in [0.25, 0.3) is 144 Å². The SMILES string of the molecule is c1ccc(-n2c3ccccc3c3cc(-c4ccc5c(c4)c4ccccc4n5-c4c(-n5c6ccccc6c6ncccc65)cc5c(c4-n4c6ccccc6c6ncccc64)-c4ccccc4C54c5ccccc5-c5ccccc54)ccc32)cc1. The Bertz CT molecular complexity index is 5500. The van der Waals surface area contributed by atoms with Crippen molar-refractivity contribution in [2.45, 2.75) is 5.41 Å². The number of aromatic nitrogens is 6. The topological polar surface area (TPSA) is 45.5 Å². The molecule has 1 spiro atoms. The third-order valence-electron chi connectivity index (χ3n) is 18.4. The molecule has 0 N–H and O–H groups in total. The Morgan fingerprint density at radius 3 is 1.27 bits per heavy atom. The van der Waals surface area contributed by atoms with Gasteiger partial charge < -0.3 is 18.3 Å². The zero-order chi connectivity index (χ0) is 54.1. The van der Waals surface area contributed by atoms with Gasteiger partial charge >= 0.3 is 0 Å². The second kappa shape index (κ2) is 16.5. The minimum atomic E-state index is -0.667. The Morgan fingerprint density at radius 2 is 0.675 bits per heavy atom. The van der Waals surface area contributed by atoms with Gasteiger partial charge in [-0.1, -0.05) is 176 Å². The molecule has 6 aromatic heterocycles. The van der Waals surface area contributed by atoms with Gasteiger partial charge in [-0.25, -0.2) is 0 Å². The van der Waals surface area contributed by atoms with Crippen LogP contribution < -0.4 is 0 Å². The molecular formula is C77H46N6. The summed E-state index contributed by atoms with van der Waals surface area (Å²) in [6.07, 6.45) is 3.87. The van der Waals surface area contributed by atoms with E-state index in [1.165, 1.54) is 82.6 Å². The molecule has 384 valence electrons. The van der Waals surface area contributed by atoms with Crippen LogP contribution in [0.2, 0.25) is 0 Å². The van der Waals surface area contributed by atoms with Crippen LogP contribution in [0, 0.1) is 0 Å². The maximum Gasteiger partial charge on any atom is 0.0963 e. The molecule has 0 fully saturated rings.